The van der Waals surface area contributed by atoms with Gasteiger partial charge in [0.15, 0.2) is 14.9 Å². The molecular formula is C14H20ClN3O2S. The molecule has 5 nitrogen and oxygen atoms in total. The lowest BCUT2D eigenvalue weighted by molar-refractivity contribution is 0.562. The number of aromatic nitrogens is 3. The fraction of sp³-hybridized carbons (Fsp3) is 0.571. The lowest BCUT2D eigenvalue weighted by Gasteiger charge is -2.13. The third-order valence-corrected chi connectivity index (χ3v) is 5.80. The molecule has 0 saturated heterocycles. The van der Waals surface area contributed by atoms with Gasteiger partial charge in [0.05, 0.1) is 10.9 Å². The zero-order chi connectivity index (χ0) is 15.8. The van der Waals surface area contributed by atoms with Gasteiger partial charge in [-0.15, -0.1) is 11.6 Å². The van der Waals surface area contributed by atoms with Crippen LogP contribution in [-0.4, -0.2) is 34.1 Å². The first-order chi connectivity index (χ1) is 9.67. The van der Waals surface area contributed by atoms with Crippen molar-refractivity contribution in [1.29, 1.82) is 0 Å². The molecule has 0 amide bonds. The average molecular weight is 330 g/mol. The van der Waals surface area contributed by atoms with E-state index in [4.69, 9.17) is 11.6 Å². The zero-order valence-electron chi connectivity index (χ0n) is 12.7. The molecule has 0 aromatic carbocycles. The molecule has 0 N–H and O–H groups in total. The van der Waals surface area contributed by atoms with Gasteiger partial charge in [-0.3, -0.25) is 0 Å². The van der Waals surface area contributed by atoms with Crippen molar-refractivity contribution in [2.24, 2.45) is 0 Å². The molecule has 2 heterocycles. The molecule has 0 aliphatic rings. The van der Waals surface area contributed by atoms with Crippen molar-refractivity contribution in [2.45, 2.75) is 49.8 Å². The molecule has 0 fully saturated rings. The summed E-state index contributed by atoms with van der Waals surface area (Å²) in [6.45, 7) is 7.76. The molecule has 0 saturated carbocycles. The molecule has 7 heteroatoms. The summed E-state index contributed by atoms with van der Waals surface area (Å²) in [5.74, 6) is 0.302. The topological polar surface area (TPSA) is 64.3 Å². The first-order valence-electron chi connectivity index (χ1n) is 6.82. The Labute approximate surface area is 130 Å². The maximum Gasteiger partial charge on any atom is 0.200 e. The molecule has 0 bridgehead atoms. The monoisotopic (exact) mass is 329 g/mol. The molecule has 0 spiro atoms. The number of sulfone groups is 1. The standard InChI is InChI=1S/C14H20ClN3O2S/c1-10(5-6-15)21(19,20)13-11-9-12(14(2,3)4)17-18(11)8-7-16-13/h7-10H,5-6H2,1-4H3. The first-order valence-corrected chi connectivity index (χ1v) is 8.90. The Morgan fingerprint density at radius 1 is 1.38 bits per heavy atom. The summed E-state index contributed by atoms with van der Waals surface area (Å²) in [6.07, 6.45) is 3.52. The van der Waals surface area contributed by atoms with Crippen LogP contribution in [-0.2, 0) is 15.3 Å². The summed E-state index contributed by atoms with van der Waals surface area (Å²) in [5, 5.41) is 3.96. The Morgan fingerprint density at radius 3 is 2.62 bits per heavy atom. The van der Waals surface area contributed by atoms with E-state index in [1.54, 1.807) is 23.7 Å². The summed E-state index contributed by atoms with van der Waals surface area (Å²) >= 11 is 5.67. The van der Waals surface area contributed by atoms with Crippen LogP contribution in [0.25, 0.3) is 5.52 Å². The highest BCUT2D eigenvalue weighted by atomic mass is 35.5. The van der Waals surface area contributed by atoms with E-state index >= 15 is 0 Å². The number of nitrogens with zero attached hydrogens (tertiary/aromatic N) is 3. The fourth-order valence-electron chi connectivity index (χ4n) is 1.98. The number of fused-ring (bicyclic) bond motifs is 1. The molecule has 1 atom stereocenters. The molecule has 2 rings (SSSR count). The van der Waals surface area contributed by atoms with E-state index in [9.17, 15) is 8.42 Å². The molecule has 2 aromatic rings. The van der Waals surface area contributed by atoms with Gasteiger partial charge < -0.3 is 0 Å². The maximum absolute atomic E-state index is 12.6. The van der Waals surface area contributed by atoms with Gasteiger partial charge in [0, 0.05) is 23.7 Å². The van der Waals surface area contributed by atoms with E-state index in [2.05, 4.69) is 10.1 Å². The second-order valence-electron chi connectivity index (χ2n) is 6.18. The van der Waals surface area contributed by atoms with Crippen LogP contribution >= 0.6 is 11.6 Å². The van der Waals surface area contributed by atoms with Gasteiger partial charge in [-0.25, -0.2) is 17.9 Å². The van der Waals surface area contributed by atoms with Gasteiger partial charge in [-0.05, 0) is 19.4 Å². The second kappa shape index (κ2) is 5.57. The third kappa shape index (κ3) is 3.06. The van der Waals surface area contributed by atoms with Crippen molar-refractivity contribution >= 4 is 27.0 Å². The van der Waals surface area contributed by atoms with Gasteiger partial charge >= 0.3 is 0 Å². The summed E-state index contributed by atoms with van der Waals surface area (Å²) < 4.78 is 26.8. The zero-order valence-corrected chi connectivity index (χ0v) is 14.2. The van der Waals surface area contributed by atoms with Crippen LogP contribution < -0.4 is 0 Å². The van der Waals surface area contributed by atoms with Gasteiger partial charge in [0.2, 0.25) is 0 Å². The Morgan fingerprint density at radius 2 is 2.05 bits per heavy atom. The van der Waals surface area contributed by atoms with Crippen LogP contribution in [0, 0.1) is 0 Å². The van der Waals surface area contributed by atoms with Crippen LogP contribution in [0.4, 0.5) is 0 Å². The lowest BCUT2D eigenvalue weighted by Crippen LogP contribution is -2.20. The van der Waals surface area contributed by atoms with Crippen LogP contribution in [0.1, 0.15) is 39.8 Å². The first kappa shape index (κ1) is 16.2. The number of hydrogen-bond acceptors (Lipinski definition) is 4. The minimum absolute atomic E-state index is 0.0746. The van der Waals surface area contributed by atoms with Crippen LogP contribution in [0.3, 0.4) is 0 Å². The minimum Gasteiger partial charge on any atom is -0.241 e. The Balaban J connectivity index is 2.63. The van der Waals surface area contributed by atoms with Crippen molar-refractivity contribution in [3.8, 4) is 0 Å². The van der Waals surface area contributed by atoms with E-state index in [1.807, 2.05) is 20.8 Å². The SMILES string of the molecule is CC(CCCl)S(=O)(=O)c1nccn2nc(C(C)(C)C)cc12. The molecule has 0 aliphatic heterocycles. The summed E-state index contributed by atoms with van der Waals surface area (Å²) in [5.41, 5.74) is 1.19. The van der Waals surface area contributed by atoms with Gasteiger partial charge in [-0.1, -0.05) is 20.8 Å². The van der Waals surface area contributed by atoms with E-state index in [-0.39, 0.29) is 10.4 Å². The highest BCUT2D eigenvalue weighted by Gasteiger charge is 2.28. The second-order valence-corrected chi connectivity index (χ2v) is 8.83. The predicted molar refractivity (Wildman–Crippen MR) is 83.7 cm³/mol. The largest absolute Gasteiger partial charge is 0.241 e. The number of hydrogen-bond donors (Lipinski definition) is 0. The smallest absolute Gasteiger partial charge is 0.200 e. The van der Waals surface area contributed by atoms with Crippen molar-refractivity contribution in [1.82, 2.24) is 14.6 Å². The molecule has 21 heavy (non-hydrogen) atoms. The molecule has 2 aromatic heterocycles. The quantitative estimate of drug-likeness (QED) is 0.809. The van der Waals surface area contributed by atoms with E-state index < -0.39 is 15.1 Å². The Kier molecular flexibility index (Phi) is 4.31. The van der Waals surface area contributed by atoms with Crippen LogP contribution in [0.5, 0.6) is 0 Å². The van der Waals surface area contributed by atoms with Crippen molar-refractivity contribution < 1.29 is 8.42 Å². The maximum atomic E-state index is 12.6. The van der Waals surface area contributed by atoms with E-state index in [1.165, 1.54) is 6.20 Å². The summed E-state index contributed by atoms with van der Waals surface area (Å²) in [4.78, 5) is 4.09. The molecular weight excluding hydrogens is 310 g/mol. The number of rotatable bonds is 4. The minimum atomic E-state index is -3.52. The highest BCUT2D eigenvalue weighted by molar-refractivity contribution is 7.92. The summed E-state index contributed by atoms with van der Waals surface area (Å²) in [7, 11) is -3.52. The van der Waals surface area contributed by atoms with Gasteiger partial charge in [0.25, 0.3) is 0 Å². The molecule has 0 radical (unpaired) electrons. The van der Waals surface area contributed by atoms with Crippen molar-refractivity contribution in [2.75, 3.05) is 5.88 Å². The molecule has 0 aliphatic carbocycles. The van der Waals surface area contributed by atoms with E-state index in [0.717, 1.165) is 5.69 Å². The average Bonchev–Trinajstić information content (AvgIpc) is 2.82. The fourth-order valence-corrected chi connectivity index (χ4v) is 3.90. The van der Waals surface area contributed by atoms with Gasteiger partial charge in [0.1, 0.15) is 5.52 Å². The number of halogens is 1. The highest BCUT2D eigenvalue weighted by Crippen LogP contribution is 2.26. The van der Waals surface area contributed by atoms with Crippen molar-refractivity contribution in [3.63, 3.8) is 0 Å². The van der Waals surface area contributed by atoms with Gasteiger partial charge in [-0.2, -0.15) is 5.10 Å². The van der Waals surface area contributed by atoms with E-state index in [0.29, 0.717) is 17.8 Å². The molecule has 116 valence electrons. The lowest BCUT2D eigenvalue weighted by atomic mass is 9.92. The third-order valence-electron chi connectivity index (χ3n) is 3.44. The van der Waals surface area contributed by atoms with Crippen molar-refractivity contribution in [3.05, 3.63) is 24.2 Å². The Hall–Kier alpha value is -1.14. The predicted octanol–water partition coefficient (Wildman–Crippen LogP) is 2.82. The normalized spacial score (nSPS) is 14.5. The summed E-state index contributed by atoms with van der Waals surface area (Å²) in [6, 6.07) is 1.80. The van der Waals surface area contributed by atoms with Crippen LogP contribution in [0.15, 0.2) is 23.5 Å². The number of alkyl halides is 1. The Bertz CT molecular complexity index is 747. The van der Waals surface area contributed by atoms with Crippen LogP contribution in [0.2, 0.25) is 0 Å². The molecule has 1 unspecified atom stereocenters.